The summed E-state index contributed by atoms with van der Waals surface area (Å²) in [6.45, 7) is 4.32. The van der Waals surface area contributed by atoms with E-state index in [-0.39, 0.29) is 6.04 Å². The molecule has 0 bridgehead atoms. The first-order valence-corrected chi connectivity index (χ1v) is 7.77. The maximum Gasteiger partial charge on any atom is 0.0491 e. The maximum absolute atomic E-state index is 6.26. The van der Waals surface area contributed by atoms with Gasteiger partial charge >= 0.3 is 0 Å². The summed E-state index contributed by atoms with van der Waals surface area (Å²) in [6.07, 6.45) is 6.51. The molecule has 0 amide bonds. The Kier molecular flexibility index (Phi) is 5.26. The second-order valence-electron chi connectivity index (χ2n) is 5.77. The summed E-state index contributed by atoms with van der Waals surface area (Å²) in [5.74, 6) is 7.25. The minimum Gasteiger partial charge on any atom is -0.271 e. The second-order valence-corrected chi connectivity index (χ2v) is 6.18. The van der Waals surface area contributed by atoms with Gasteiger partial charge in [-0.15, -0.1) is 0 Å². The van der Waals surface area contributed by atoms with Gasteiger partial charge in [-0.2, -0.15) is 0 Å². The predicted octanol–water partition coefficient (Wildman–Crippen LogP) is 4.37. The van der Waals surface area contributed by atoms with E-state index >= 15 is 0 Å². The Balaban J connectivity index is 2.24. The van der Waals surface area contributed by atoms with Gasteiger partial charge in [-0.25, -0.2) is 0 Å². The first-order chi connectivity index (χ1) is 9.17. The molecular formula is C16H25ClN2. The van der Waals surface area contributed by atoms with Gasteiger partial charge in [0.15, 0.2) is 0 Å². The van der Waals surface area contributed by atoms with Crippen LogP contribution >= 0.6 is 11.6 Å². The molecule has 0 aliphatic heterocycles. The molecule has 0 spiro atoms. The van der Waals surface area contributed by atoms with Crippen molar-refractivity contribution in [2.45, 2.75) is 52.0 Å². The molecule has 1 aliphatic rings. The van der Waals surface area contributed by atoms with Crippen LogP contribution in [0.3, 0.4) is 0 Å². The summed E-state index contributed by atoms with van der Waals surface area (Å²) in [5, 5.41) is 0.835. The minimum atomic E-state index is 0.225. The third-order valence-electron chi connectivity index (χ3n) is 4.65. The number of hydrogen-bond acceptors (Lipinski definition) is 2. The van der Waals surface area contributed by atoms with Crippen molar-refractivity contribution in [3.63, 3.8) is 0 Å². The Morgan fingerprint density at radius 3 is 2.74 bits per heavy atom. The molecule has 3 N–H and O–H groups in total. The summed E-state index contributed by atoms with van der Waals surface area (Å²) in [5.41, 5.74) is 5.39. The van der Waals surface area contributed by atoms with Crippen molar-refractivity contribution in [3.8, 4) is 0 Å². The number of nitrogens with two attached hydrogens (primary N) is 1. The van der Waals surface area contributed by atoms with Gasteiger partial charge in [-0.3, -0.25) is 11.3 Å². The summed E-state index contributed by atoms with van der Waals surface area (Å²) in [4.78, 5) is 0. The van der Waals surface area contributed by atoms with E-state index < -0.39 is 0 Å². The highest BCUT2D eigenvalue weighted by atomic mass is 35.5. The van der Waals surface area contributed by atoms with Crippen molar-refractivity contribution in [3.05, 3.63) is 34.3 Å². The average molecular weight is 281 g/mol. The summed E-state index contributed by atoms with van der Waals surface area (Å²) in [6, 6.07) is 6.55. The number of hydrazine groups is 1. The van der Waals surface area contributed by atoms with Crippen LogP contribution < -0.4 is 11.3 Å². The maximum atomic E-state index is 6.26. The van der Waals surface area contributed by atoms with Crippen molar-refractivity contribution in [2.24, 2.45) is 17.7 Å². The van der Waals surface area contributed by atoms with E-state index in [9.17, 15) is 0 Å². The highest BCUT2D eigenvalue weighted by Crippen LogP contribution is 2.40. The molecule has 19 heavy (non-hydrogen) atoms. The number of halogens is 1. The molecule has 2 nitrogen and oxygen atoms in total. The molecule has 3 atom stereocenters. The van der Waals surface area contributed by atoms with E-state index in [0.717, 1.165) is 16.5 Å². The van der Waals surface area contributed by atoms with Gasteiger partial charge < -0.3 is 0 Å². The van der Waals surface area contributed by atoms with Gasteiger partial charge in [-0.1, -0.05) is 56.3 Å². The lowest BCUT2D eigenvalue weighted by Crippen LogP contribution is -2.38. The molecule has 3 heteroatoms. The quantitative estimate of drug-likeness (QED) is 0.635. The first-order valence-electron chi connectivity index (χ1n) is 7.39. The van der Waals surface area contributed by atoms with Crippen molar-refractivity contribution in [1.82, 2.24) is 5.43 Å². The van der Waals surface area contributed by atoms with Gasteiger partial charge in [0.25, 0.3) is 0 Å². The lowest BCUT2D eigenvalue weighted by Gasteiger charge is -2.37. The molecule has 106 valence electrons. The molecule has 2 rings (SSSR count). The molecule has 0 heterocycles. The van der Waals surface area contributed by atoms with E-state index in [1.54, 1.807) is 0 Å². The molecule has 1 aromatic carbocycles. The molecule has 0 aromatic heterocycles. The predicted molar refractivity (Wildman–Crippen MR) is 82.0 cm³/mol. The highest BCUT2D eigenvalue weighted by molar-refractivity contribution is 6.31. The van der Waals surface area contributed by atoms with Crippen LogP contribution in [0.4, 0.5) is 0 Å². The fraction of sp³-hybridized carbons (Fsp3) is 0.625. The number of rotatable bonds is 4. The van der Waals surface area contributed by atoms with Crippen LogP contribution in [0.1, 0.15) is 56.2 Å². The number of nitrogens with one attached hydrogen (secondary N) is 1. The Labute approximate surface area is 121 Å². The largest absolute Gasteiger partial charge is 0.271 e. The topological polar surface area (TPSA) is 38.0 Å². The SMILES string of the molecule is CCC1CCCCC1C(NN)c1ccc(C)c(Cl)c1. The lowest BCUT2D eigenvalue weighted by atomic mass is 9.72. The fourth-order valence-electron chi connectivity index (χ4n) is 3.45. The summed E-state index contributed by atoms with van der Waals surface area (Å²) >= 11 is 6.26. The molecular weight excluding hydrogens is 256 g/mol. The number of hydrogen-bond donors (Lipinski definition) is 2. The van der Waals surface area contributed by atoms with Gasteiger partial charge in [0.1, 0.15) is 0 Å². The molecule has 3 unspecified atom stereocenters. The monoisotopic (exact) mass is 280 g/mol. The smallest absolute Gasteiger partial charge is 0.0491 e. The van der Waals surface area contributed by atoms with E-state index in [1.165, 1.54) is 37.7 Å². The summed E-state index contributed by atoms with van der Waals surface area (Å²) in [7, 11) is 0. The van der Waals surface area contributed by atoms with Gasteiger partial charge in [0, 0.05) is 11.1 Å². The van der Waals surface area contributed by atoms with Crippen LogP contribution in [0.25, 0.3) is 0 Å². The van der Waals surface area contributed by atoms with Crippen LogP contribution in [0.2, 0.25) is 5.02 Å². The van der Waals surface area contributed by atoms with Gasteiger partial charge in [0.2, 0.25) is 0 Å². The first kappa shape index (κ1) is 14.8. The normalized spacial score (nSPS) is 25.3. The molecule has 1 aromatic rings. The number of benzene rings is 1. The van der Waals surface area contributed by atoms with Crippen LogP contribution in [-0.2, 0) is 0 Å². The van der Waals surface area contributed by atoms with Crippen molar-refractivity contribution in [2.75, 3.05) is 0 Å². The zero-order valence-electron chi connectivity index (χ0n) is 12.0. The lowest BCUT2D eigenvalue weighted by molar-refractivity contribution is 0.176. The van der Waals surface area contributed by atoms with Gasteiger partial charge in [0.05, 0.1) is 0 Å². The molecule has 0 radical (unpaired) electrons. The number of aryl methyl sites for hydroxylation is 1. The molecule has 1 aliphatic carbocycles. The van der Waals surface area contributed by atoms with Crippen molar-refractivity contribution < 1.29 is 0 Å². The zero-order valence-corrected chi connectivity index (χ0v) is 12.7. The standard InChI is InChI=1S/C16H25ClN2/c1-3-12-6-4-5-7-14(12)16(19-18)13-9-8-11(2)15(17)10-13/h8-10,12,14,16,19H,3-7,18H2,1-2H3. The molecule has 1 fully saturated rings. The Morgan fingerprint density at radius 1 is 1.37 bits per heavy atom. The van der Waals surface area contributed by atoms with Crippen molar-refractivity contribution in [1.29, 1.82) is 0 Å². The Bertz CT molecular complexity index is 419. The highest BCUT2D eigenvalue weighted by Gasteiger charge is 2.31. The van der Waals surface area contributed by atoms with Crippen LogP contribution in [0, 0.1) is 18.8 Å². The van der Waals surface area contributed by atoms with E-state index in [4.69, 9.17) is 17.4 Å². The fourth-order valence-corrected chi connectivity index (χ4v) is 3.64. The molecule has 1 saturated carbocycles. The minimum absolute atomic E-state index is 0.225. The zero-order chi connectivity index (χ0) is 13.8. The van der Waals surface area contributed by atoms with Gasteiger partial charge in [-0.05, 0) is 42.4 Å². The van der Waals surface area contributed by atoms with Crippen LogP contribution in [0.5, 0.6) is 0 Å². The van der Waals surface area contributed by atoms with Crippen LogP contribution in [0.15, 0.2) is 18.2 Å². The summed E-state index contributed by atoms with van der Waals surface area (Å²) < 4.78 is 0. The third-order valence-corrected chi connectivity index (χ3v) is 5.06. The molecule has 0 saturated heterocycles. The van der Waals surface area contributed by atoms with E-state index in [2.05, 4.69) is 30.5 Å². The van der Waals surface area contributed by atoms with E-state index in [0.29, 0.717) is 5.92 Å². The second kappa shape index (κ2) is 6.74. The van der Waals surface area contributed by atoms with Crippen LogP contribution in [-0.4, -0.2) is 0 Å². The Morgan fingerprint density at radius 2 is 2.11 bits per heavy atom. The Hall–Kier alpha value is -0.570. The average Bonchev–Trinajstić information content (AvgIpc) is 2.44. The van der Waals surface area contributed by atoms with Crippen molar-refractivity contribution >= 4 is 11.6 Å². The third kappa shape index (κ3) is 3.31. The van der Waals surface area contributed by atoms with E-state index in [1.807, 2.05) is 6.92 Å².